The largest absolute Gasteiger partial charge is 0.352 e. The molecule has 0 radical (unpaired) electrons. The minimum atomic E-state index is -0.0832. The summed E-state index contributed by atoms with van der Waals surface area (Å²) in [7, 11) is 0. The Morgan fingerprint density at radius 1 is 0.838 bits per heavy atom. The Labute approximate surface area is 221 Å². The van der Waals surface area contributed by atoms with Gasteiger partial charge in [-0.2, -0.15) is 0 Å². The summed E-state index contributed by atoms with van der Waals surface area (Å²) in [6, 6.07) is 8.69. The van der Waals surface area contributed by atoms with Crippen molar-refractivity contribution < 1.29 is 9.59 Å². The summed E-state index contributed by atoms with van der Waals surface area (Å²) in [6.45, 7) is 17.6. The zero-order chi connectivity index (χ0) is 26.8. The molecule has 0 fully saturated rings. The molecule has 0 saturated heterocycles. The van der Waals surface area contributed by atoms with Gasteiger partial charge in [-0.3, -0.25) is 9.59 Å². The molecule has 6 heteroatoms. The second kappa shape index (κ2) is 13.9. The van der Waals surface area contributed by atoms with Crippen molar-refractivity contribution >= 4 is 28.7 Å². The quantitative estimate of drug-likeness (QED) is 0.228. The summed E-state index contributed by atoms with van der Waals surface area (Å²) in [6.07, 6.45) is 7.37. The van der Waals surface area contributed by atoms with E-state index >= 15 is 0 Å². The molecule has 0 heterocycles. The highest BCUT2D eigenvalue weighted by Crippen LogP contribution is 2.36. The third-order valence-corrected chi connectivity index (χ3v) is 6.72. The monoisotopic (exact) mass is 502 g/mol. The SMILES string of the molecule is C=C(C)C(=O)NCCCNCc1c2c(c(CNCCCNC(=O)C(=C)C)c3ccccc13)CC(C)C=C2. The molecule has 4 N–H and O–H groups in total. The standard InChI is InChI=1S/C31H42N4O2/c1-21(2)30(36)34-16-8-14-32-19-28-24-10-6-7-11-25(24)29(27-18-23(5)12-13-26(27)28)20-33-15-9-17-35-31(37)22(3)4/h6-7,10-13,23,32-33H,1,3,8-9,14-20H2,2,4-5H3,(H,34,36)(H,35,37). The molecule has 0 bridgehead atoms. The van der Waals surface area contributed by atoms with E-state index in [1.54, 1.807) is 13.8 Å². The number of carbonyl (C=O) groups excluding carboxylic acids is 2. The number of amides is 2. The van der Waals surface area contributed by atoms with Gasteiger partial charge in [-0.1, -0.05) is 56.5 Å². The first-order valence-electron chi connectivity index (χ1n) is 13.3. The van der Waals surface area contributed by atoms with E-state index in [0.717, 1.165) is 45.4 Å². The third-order valence-electron chi connectivity index (χ3n) is 6.72. The van der Waals surface area contributed by atoms with Crippen LogP contribution < -0.4 is 21.3 Å². The summed E-state index contributed by atoms with van der Waals surface area (Å²) in [5.74, 6) is 0.337. The highest BCUT2D eigenvalue weighted by molar-refractivity contribution is 5.94. The summed E-state index contributed by atoms with van der Waals surface area (Å²) >= 11 is 0. The second-order valence-corrected chi connectivity index (χ2v) is 10.1. The van der Waals surface area contributed by atoms with Gasteiger partial charge in [-0.05, 0) is 85.1 Å². The smallest absolute Gasteiger partial charge is 0.246 e. The Morgan fingerprint density at radius 3 is 1.89 bits per heavy atom. The topological polar surface area (TPSA) is 82.3 Å². The van der Waals surface area contributed by atoms with Crippen molar-refractivity contribution in [2.24, 2.45) is 5.92 Å². The predicted molar refractivity (Wildman–Crippen MR) is 154 cm³/mol. The van der Waals surface area contributed by atoms with E-state index in [0.29, 0.717) is 30.2 Å². The first kappa shape index (κ1) is 28.4. The van der Waals surface area contributed by atoms with Crippen molar-refractivity contribution in [1.29, 1.82) is 0 Å². The fraction of sp³-hybridized carbons (Fsp3) is 0.419. The number of hydrogen-bond acceptors (Lipinski definition) is 4. The lowest BCUT2D eigenvalue weighted by molar-refractivity contribution is -0.118. The van der Waals surface area contributed by atoms with Gasteiger partial charge in [0.1, 0.15) is 0 Å². The first-order valence-corrected chi connectivity index (χ1v) is 13.3. The van der Waals surface area contributed by atoms with Crippen LogP contribution >= 0.6 is 0 Å². The number of carbonyl (C=O) groups is 2. The Hall–Kier alpha value is -3.22. The molecule has 3 rings (SSSR count). The van der Waals surface area contributed by atoms with Crippen LogP contribution in [-0.2, 0) is 29.1 Å². The van der Waals surface area contributed by atoms with Crippen LogP contribution in [0.3, 0.4) is 0 Å². The lowest BCUT2D eigenvalue weighted by Gasteiger charge is -2.26. The minimum absolute atomic E-state index is 0.0818. The van der Waals surface area contributed by atoms with E-state index in [1.165, 1.54) is 33.0 Å². The molecule has 0 aliphatic heterocycles. The van der Waals surface area contributed by atoms with Crippen LogP contribution in [0, 0.1) is 5.92 Å². The van der Waals surface area contributed by atoms with Crippen LogP contribution in [0.1, 0.15) is 55.9 Å². The highest BCUT2D eigenvalue weighted by atomic mass is 16.2. The number of rotatable bonds is 14. The third kappa shape index (κ3) is 7.88. The van der Waals surface area contributed by atoms with Crippen molar-refractivity contribution in [2.75, 3.05) is 26.2 Å². The zero-order valence-corrected chi connectivity index (χ0v) is 22.6. The lowest BCUT2D eigenvalue weighted by atomic mass is 9.81. The van der Waals surface area contributed by atoms with Crippen LogP contribution in [0.2, 0.25) is 0 Å². The van der Waals surface area contributed by atoms with Crippen molar-refractivity contribution in [2.45, 2.75) is 53.1 Å². The van der Waals surface area contributed by atoms with Gasteiger partial charge in [0.25, 0.3) is 0 Å². The highest BCUT2D eigenvalue weighted by Gasteiger charge is 2.21. The summed E-state index contributed by atoms with van der Waals surface area (Å²) in [5, 5.41) is 15.6. The molecule has 2 amide bonds. The number of allylic oxidation sites excluding steroid dienone is 1. The number of benzene rings is 2. The molecular weight excluding hydrogens is 460 g/mol. The maximum atomic E-state index is 11.7. The molecule has 1 aliphatic rings. The molecule has 198 valence electrons. The molecule has 0 saturated carbocycles. The van der Waals surface area contributed by atoms with E-state index in [-0.39, 0.29) is 11.8 Å². The Kier molecular flexibility index (Phi) is 10.7. The van der Waals surface area contributed by atoms with Gasteiger partial charge in [0.2, 0.25) is 11.8 Å². The fourth-order valence-electron chi connectivity index (χ4n) is 4.70. The molecule has 37 heavy (non-hydrogen) atoms. The molecule has 6 nitrogen and oxygen atoms in total. The Bertz CT molecular complexity index is 1180. The van der Waals surface area contributed by atoms with E-state index in [2.05, 4.69) is 77.8 Å². The lowest BCUT2D eigenvalue weighted by Crippen LogP contribution is -2.28. The normalized spacial score (nSPS) is 14.3. The van der Waals surface area contributed by atoms with Crippen LogP contribution in [0.4, 0.5) is 0 Å². The molecule has 1 unspecified atom stereocenters. The van der Waals surface area contributed by atoms with Crippen molar-refractivity contribution in [3.8, 4) is 0 Å². The average Bonchev–Trinajstić information content (AvgIpc) is 2.88. The van der Waals surface area contributed by atoms with E-state index in [9.17, 15) is 9.59 Å². The Balaban J connectivity index is 1.69. The van der Waals surface area contributed by atoms with Crippen molar-refractivity contribution in [3.63, 3.8) is 0 Å². The number of nitrogens with one attached hydrogen (secondary N) is 4. The molecule has 0 aromatic heterocycles. The van der Waals surface area contributed by atoms with Gasteiger partial charge in [-0.15, -0.1) is 0 Å². The average molecular weight is 503 g/mol. The second-order valence-electron chi connectivity index (χ2n) is 10.1. The number of hydrogen-bond donors (Lipinski definition) is 4. The van der Waals surface area contributed by atoms with Crippen molar-refractivity contribution in [1.82, 2.24) is 21.3 Å². The molecule has 2 aromatic rings. The maximum Gasteiger partial charge on any atom is 0.246 e. The summed E-state index contributed by atoms with van der Waals surface area (Å²) in [5.41, 5.74) is 6.56. The van der Waals surface area contributed by atoms with Gasteiger partial charge < -0.3 is 21.3 Å². The van der Waals surface area contributed by atoms with Crippen LogP contribution in [0.15, 0.2) is 54.6 Å². The maximum absolute atomic E-state index is 11.7. The van der Waals surface area contributed by atoms with Crippen molar-refractivity contribution in [3.05, 3.63) is 76.9 Å². The van der Waals surface area contributed by atoms with Crippen LogP contribution in [0.25, 0.3) is 16.8 Å². The minimum Gasteiger partial charge on any atom is -0.352 e. The molecule has 1 aliphatic carbocycles. The molecule has 1 atom stereocenters. The Morgan fingerprint density at radius 2 is 1.35 bits per heavy atom. The van der Waals surface area contributed by atoms with Crippen LogP contribution in [0.5, 0.6) is 0 Å². The van der Waals surface area contributed by atoms with Gasteiger partial charge >= 0.3 is 0 Å². The number of fused-ring (bicyclic) bond motifs is 2. The molecular formula is C31H42N4O2. The van der Waals surface area contributed by atoms with E-state index in [4.69, 9.17) is 0 Å². The van der Waals surface area contributed by atoms with E-state index in [1.807, 2.05) is 0 Å². The van der Waals surface area contributed by atoms with E-state index < -0.39 is 0 Å². The fourth-order valence-corrected chi connectivity index (χ4v) is 4.70. The summed E-state index contributed by atoms with van der Waals surface area (Å²) in [4.78, 5) is 23.4. The molecule has 0 spiro atoms. The van der Waals surface area contributed by atoms with Gasteiger partial charge in [0.05, 0.1) is 0 Å². The molecule has 2 aromatic carbocycles. The summed E-state index contributed by atoms with van der Waals surface area (Å²) < 4.78 is 0. The van der Waals surface area contributed by atoms with Gasteiger partial charge in [0, 0.05) is 37.3 Å². The first-order chi connectivity index (χ1) is 17.8. The van der Waals surface area contributed by atoms with Gasteiger partial charge in [0.15, 0.2) is 0 Å². The van der Waals surface area contributed by atoms with Gasteiger partial charge in [-0.25, -0.2) is 0 Å². The predicted octanol–water partition coefficient (Wildman–Crippen LogP) is 4.39. The van der Waals surface area contributed by atoms with Crippen LogP contribution in [-0.4, -0.2) is 38.0 Å². The zero-order valence-electron chi connectivity index (χ0n) is 22.6.